The Hall–Kier alpha value is -1.65. The Balaban J connectivity index is 1.68. The Kier molecular flexibility index (Phi) is 3.72. The van der Waals surface area contributed by atoms with Crippen molar-refractivity contribution in [2.45, 2.75) is 25.3 Å². The highest BCUT2D eigenvalue weighted by molar-refractivity contribution is 5.97. The second-order valence-electron chi connectivity index (χ2n) is 6.44. The van der Waals surface area contributed by atoms with Crippen molar-refractivity contribution in [2.75, 3.05) is 37.7 Å². The zero-order chi connectivity index (χ0) is 14.9. The van der Waals surface area contributed by atoms with Crippen LogP contribution in [0.5, 0.6) is 0 Å². The van der Waals surface area contributed by atoms with E-state index in [-0.39, 0.29) is 6.61 Å². The third kappa shape index (κ3) is 2.36. The summed E-state index contributed by atoms with van der Waals surface area (Å²) in [6, 6.07) is 7.14. The predicted octanol–water partition coefficient (Wildman–Crippen LogP) is 2.05. The summed E-state index contributed by atoms with van der Waals surface area (Å²) in [4.78, 5) is 9.37. The minimum Gasteiger partial charge on any atom is -0.395 e. The molecule has 4 rings (SSSR count). The quantitative estimate of drug-likeness (QED) is 0.941. The Morgan fingerprint density at radius 1 is 1.23 bits per heavy atom. The first-order valence-corrected chi connectivity index (χ1v) is 8.32. The summed E-state index contributed by atoms with van der Waals surface area (Å²) in [6.07, 6.45) is 7.56. The summed E-state index contributed by atoms with van der Waals surface area (Å²) in [5, 5.41) is 11.9. The summed E-state index contributed by atoms with van der Waals surface area (Å²) in [6.45, 7) is 4.33. The zero-order valence-electron chi connectivity index (χ0n) is 12.9. The van der Waals surface area contributed by atoms with Gasteiger partial charge in [0.1, 0.15) is 0 Å². The van der Waals surface area contributed by atoms with Crippen molar-refractivity contribution in [3.8, 4) is 0 Å². The smallest absolute Gasteiger partial charge is 0.0558 e. The number of hydrogen-bond donors (Lipinski definition) is 1. The van der Waals surface area contributed by atoms with E-state index in [4.69, 9.17) is 0 Å². The number of aliphatic hydroxyl groups excluding tert-OH is 1. The van der Waals surface area contributed by atoms with Crippen molar-refractivity contribution in [1.29, 1.82) is 0 Å². The first kappa shape index (κ1) is 14.0. The Labute approximate surface area is 131 Å². The van der Waals surface area contributed by atoms with E-state index in [1.165, 1.54) is 34.9 Å². The van der Waals surface area contributed by atoms with Gasteiger partial charge in [0.2, 0.25) is 0 Å². The number of benzene rings is 1. The number of pyridine rings is 1. The van der Waals surface area contributed by atoms with E-state index in [2.05, 4.69) is 33.0 Å². The fourth-order valence-electron chi connectivity index (χ4n) is 4.09. The van der Waals surface area contributed by atoms with Gasteiger partial charge >= 0.3 is 0 Å². The lowest BCUT2D eigenvalue weighted by molar-refractivity contribution is 0.159. The lowest BCUT2D eigenvalue weighted by Crippen LogP contribution is -2.50. The largest absolute Gasteiger partial charge is 0.395 e. The molecule has 1 N–H and O–H groups in total. The van der Waals surface area contributed by atoms with Crippen molar-refractivity contribution in [3.63, 3.8) is 0 Å². The third-order valence-corrected chi connectivity index (χ3v) is 5.11. The number of piperidine rings is 1. The van der Waals surface area contributed by atoms with Gasteiger partial charge in [-0.25, -0.2) is 0 Å². The van der Waals surface area contributed by atoms with E-state index in [9.17, 15) is 5.11 Å². The number of anilines is 1. The van der Waals surface area contributed by atoms with Crippen LogP contribution in [0.3, 0.4) is 0 Å². The maximum atomic E-state index is 9.21. The molecule has 0 saturated carbocycles. The number of likely N-dealkylation sites (tertiary alicyclic amines) is 1. The number of aliphatic hydroxyl groups is 1. The summed E-state index contributed by atoms with van der Waals surface area (Å²) in [5.74, 6) is 0. The molecule has 1 unspecified atom stereocenters. The number of aromatic nitrogens is 1. The van der Waals surface area contributed by atoms with Crippen molar-refractivity contribution >= 4 is 16.5 Å². The van der Waals surface area contributed by atoms with Gasteiger partial charge in [0, 0.05) is 54.5 Å². The molecule has 0 aliphatic carbocycles. The number of β-amino-alcohol motifs (C(OH)–C–C–N with tert-alkyl or cyclic N) is 1. The van der Waals surface area contributed by atoms with Crippen LogP contribution in [0, 0.1) is 0 Å². The highest BCUT2D eigenvalue weighted by atomic mass is 16.3. The molecular weight excluding hydrogens is 274 g/mol. The highest BCUT2D eigenvalue weighted by Gasteiger charge is 2.28. The van der Waals surface area contributed by atoms with E-state index in [1.54, 1.807) is 0 Å². The number of rotatable bonds is 3. The van der Waals surface area contributed by atoms with Gasteiger partial charge in [-0.3, -0.25) is 9.88 Å². The molecule has 2 aliphatic rings. The van der Waals surface area contributed by atoms with Crippen molar-refractivity contribution in [2.24, 2.45) is 0 Å². The molecule has 116 valence electrons. The second kappa shape index (κ2) is 5.86. The van der Waals surface area contributed by atoms with Crippen LogP contribution in [-0.2, 0) is 6.42 Å². The van der Waals surface area contributed by atoms with Crippen molar-refractivity contribution in [1.82, 2.24) is 9.88 Å². The van der Waals surface area contributed by atoms with Gasteiger partial charge in [0.05, 0.1) is 6.61 Å². The van der Waals surface area contributed by atoms with Crippen LogP contribution >= 0.6 is 0 Å². The van der Waals surface area contributed by atoms with Crippen LogP contribution in [-0.4, -0.2) is 53.8 Å². The van der Waals surface area contributed by atoms with Gasteiger partial charge in [0.15, 0.2) is 0 Å². The minimum atomic E-state index is 0.261. The van der Waals surface area contributed by atoms with Crippen LogP contribution in [0.25, 0.3) is 10.8 Å². The van der Waals surface area contributed by atoms with E-state index >= 15 is 0 Å². The average Bonchev–Trinajstić information content (AvgIpc) is 2.56. The Bertz CT molecular complexity index is 665. The van der Waals surface area contributed by atoms with Crippen LogP contribution in [0.2, 0.25) is 0 Å². The maximum Gasteiger partial charge on any atom is 0.0558 e. The molecule has 0 spiro atoms. The van der Waals surface area contributed by atoms with E-state index in [1.807, 2.05) is 12.4 Å². The molecule has 2 aliphatic heterocycles. The molecule has 4 heteroatoms. The lowest BCUT2D eigenvalue weighted by Gasteiger charge is -2.42. The highest BCUT2D eigenvalue weighted by Crippen LogP contribution is 2.35. The van der Waals surface area contributed by atoms with Gasteiger partial charge in [-0.05, 0) is 37.4 Å². The van der Waals surface area contributed by atoms with E-state index in [0.717, 1.165) is 32.6 Å². The second-order valence-corrected chi connectivity index (χ2v) is 6.44. The summed E-state index contributed by atoms with van der Waals surface area (Å²) in [5.41, 5.74) is 2.75. The van der Waals surface area contributed by atoms with Crippen LogP contribution in [0.4, 0.5) is 5.69 Å². The third-order valence-electron chi connectivity index (χ3n) is 5.11. The molecule has 4 nitrogen and oxygen atoms in total. The molecule has 2 aromatic rings. The fraction of sp³-hybridized carbons (Fsp3) is 0.500. The normalized spacial score (nSPS) is 22.2. The summed E-state index contributed by atoms with van der Waals surface area (Å²) >= 11 is 0. The van der Waals surface area contributed by atoms with Gasteiger partial charge in [0.25, 0.3) is 0 Å². The zero-order valence-corrected chi connectivity index (χ0v) is 12.9. The van der Waals surface area contributed by atoms with Crippen LogP contribution < -0.4 is 4.90 Å². The predicted molar refractivity (Wildman–Crippen MR) is 89.3 cm³/mol. The topological polar surface area (TPSA) is 39.6 Å². The van der Waals surface area contributed by atoms with Crippen molar-refractivity contribution < 1.29 is 5.11 Å². The van der Waals surface area contributed by atoms with Crippen LogP contribution in [0.1, 0.15) is 18.4 Å². The first-order chi connectivity index (χ1) is 10.9. The van der Waals surface area contributed by atoms with Crippen LogP contribution in [0.15, 0.2) is 30.6 Å². The van der Waals surface area contributed by atoms with Gasteiger partial charge in [-0.15, -0.1) is 0 Å². The number of nitrogens with zero attached hydrogens (tertiary/aromatic N) is 3. The molecule has 1 aromatic heterocycles. The SMILES string of the molecule is OCCN1CCCC(N2CCc3cncc4cccc2c34)C1. The van der Waals surface area contributed by atoms with Gasteiger partial charge in [-0.2, -0.15) is 0 Å². The summed E-state index contributed by atoms with van der Waals surface area (Å²) in [7, 11) is 0. The maximum absolute atomic E-state index is 9.21. The van der Waals surface area contributed by atoms with E-state index < -0.39 is 0 Å². The summed E-state index contributed by atoms with van der Waals surface area (Å²) < 4.78 is 0. The monoisotopic (exact) mass is 297 g/mol. The molecule has 1 atom stereocenters. The molecule has 1 saturated heterocycles. The molecule has 0 amide bonds. The number of hydrogen-bond acceptors (Lipinski definition) is 4. The Morgan fingerprint density at radius 2 is 2.18 bits per heavy atom. The molecule has 0 radical (unpaired) electrons. The van der Waals surface area contributed by atoms with Gasteiger partial charge < -0.3 is 10.0 Å². The molecule has 1 aromatic carbocycles. The minimum absolute atomic E-state index is 0.261. The standard InChI is InChI=1S/C18H23N3O/c22-10-9-20-7-2-4-16(13-20)21-8-6-15-12-19-11-14-3-1-5-17(21)18(14)15/h1,3,5,11-12,16,22H,2,4,6-10,13H2. The fourth-order valence-corrected chi connectivity index (χ4v) is 4.09. The molecule has 22 heavy (non-hydrogen) atoms. The van der Waals surface area contributed by atoms with Gasteiger partial charge in [-0.1, -0.05) is 12.1 Å². The average molecular weight is 297 g/mol. The molecular formula is C18H23N3O. The molecule has 3 heterocycles. The molecule has 1 fully saturated rings. The molecule has 0 bridgehead atoms. The first-order valence-electron chi connectivity index (χ1n) is 8.32. The van der Waals surface area contributed by atoms with Crippen molar-refractivity contribution in [3.05, 3.63) is 36.2 Å². The Morgan fingerprint density at radius 3 is 3.09 bits per heavy atom. The lowest BCUT2D eigenvalue weighted by atomic mass is 9.95. The van der Waals surface area contributed by atoms with E-state index in [0.29, 0.717) is 6.04 Å².